The van der Waals surface area contributed by atoms with Crippen molar-refractivity contribution in [3.63, 3.8) is 0 Å². The van der Waals surface area contributed by atoms with Crippen molar-refractivity contribution in [1.29, 1.82) is 0 Å². The summed E-state index contributed by atoms with van der Waals surface area (Å²) in [5, 5.41) is 43.8. The van der Waals surface area contributed by atoms with E-state index in [-0.39, 0.29) is 23.2 Å². The average Bonchev–Trinajstić information content (AvgIpc) is 3.80. The van der Waals surface area contributed by atoms with Crippen LogP contribution in [0, 0.1) is 93.2 Å². The van der Waals surface area contributed by atoms with Gasteiger partial charge in [-0.3, -0.25) is 28.8 Å². The second kappa shape index (κ2) is 27.1. The molecule has 66 heavy (non-hydrogen) atoms. The van der Waals surface area contributed by atoms with Crippen LogP contribution in [0.25, 0.3) is 0 Å². The number of aliphatic carboxylic acids is 5. The molecule has 6 aliphatic rings. The van der Waals surface area contributed by atoms with Crippen LogP contribution in [0.5, 0.6) is 0 Å². The fourth-order valence-electron chi connectivity index (χ4n) is 10.3. The van der Waals surface area contributed by atoms with Gasteiger partial charge in [-0.1, -0.05) is 103 Å². The molecule has 5 N–H and O–H groups in total. The number of carboxylic acid groups (broad SMARTS) is 5. The summed E-state index contributed by atoms with van der Waals surface area (Å²) in [5.41, 5.74) is -0.479. The molecule has 6 fully saturated rings. The van der Waals surface area contributed by atoms with Crippen molar-refractivity contribution < 1.29 is 54.3 Å². The molecule has 0 aromatic rings. The summed E-state index contributed by atoms with van der Waals surface area (Å²) < 4.78 is 0. The van der Waals surface area contributed by atoms with Crippen LogP contribution in [0.3, 0.4) is 0 Å². The van der Waals surface area contributed by atoms with Gasteiger partial charge in [0.25, 0.3) is 0 Å². The number of carboxylic acids is 5. The second-order valence-electron chi connectivity index (χ2n) is 23.8. The van der Waals surface area contributed by atoms with Crippen molar-refractivity contribution in [3.05, 3.63) is 0 Å². The van der Waals surface area contributed by atoms with E-state index in [9.17, 15) is 28.8 Å². The number of rotatable bonds is 14. The molecular formula is C54H97NO11. The van der Waals surface area contributed by atoms with Crippen LogP contribution >= 0.6 is 0 Å². The van der Waals surface area contributed by atoms with Gasteiger partial charge in [-0.25, -0.2) is 0 Å². The maximum Gasteiger partial charge on any atom is 0.309 e. The zero-order chi connectivity index (χ0) is 51.1. The van der Waals surface area contributed by atoms with Gasteiger partial charge in [0.05, 0.1) is 28.6 Å². The van der Waals surface area contributed by atoms with Crippen molar-refractivity contribution in [1.82, 2.24) is 4.90 Å². The first-order chi connectivity index (χ1) is 30.4. The third kappa shape index (κ3) is 18.4. The zero-order valence-corrected chi connectivity index (χ0v) is 44.2. The summed E-state index contributed by atoms with van der Waals surface area (Å²) >= 11 is 0. The summed E-state index contributed by atoms with van der Waals surface area (Å²) in [4.78, 5) is 66.2. The lowest BCUT2D eigenvalue weighted by atomic mass is 9.57. The van der Waals surface area contributed by atoms with Crippen LogP contribution < -0.4 is 0 Å². The molecule has 2 unspecified atom stereocenters. The lowest BCUT2D eigenvalue weighted by molar-refractivity contribution is -0.160. The van der Waals surface area contributed by atoms with Gasteiger partial charge < -0.3 is 30.4 Å². The molecule has 0 radical (unpaired) electrons. The molecule has 0 aromatic carbocycles. The Morgan fingerprint density at radius 2 is 1.09 bits per heavy atom. The lowest BCUT2D eigenvalue weighted by Gasteiger charge is -2.46. The molecule has 384 valence electrons. The van der Waals surface area contributed by atoms with Gasteiger partial charge in [0.1, 0.15) is 0 Å². The van der Waals surface area contributed by atoms with Crippen molar-refractivity contribution in [2.45, 2.75) is 200 Å². The third-order valence-corrected chi connectivity index (χ3v) is 16.8. The Labute approximate surface area is 400 Å². The van der Waals surface area contributed by atoms with Crippen LogP contribution in [0.4, 0.5) is 0 Å². The molecule has 1 saturated heterocycles. The molecule has 1 amide bonds. The number of carbonyl (C=O) groups excluding carboxylic acids is 1. The Kier molecular flexibility index (Phi) is 25.0. The molecule has 0 bridgehead atoms. The Morgan fingerprint density at radius 3 is 1.41 bits per heavy atom. The fourth-order valence-corrected chi connectivity index (χ4v) is 10.3. The van der Waals surface area contributed by atoms with Gasteiger partial charge in [-0.05, 0) is 155 Å². The van der Waals surface area contributed by atoms with Crippen LogP contribution in [0.15, 0.2) is 0 Å². The van der Waals surface area contributed by atoms with E-state index >= 15 is 0 Å². The topological polar surface area (TPSA) is 207 Å². The van der Waals surface area contributed by atoms with Gasteiger partial charge in [0.2, 0.25) is 5.91 Å². The molecule has 1 aliphatic heterocycles. The second-order valence-corrected chi connectivity index (χ2v) is 23.8. The van der Waals surface area contributed by atoms with Crippen molar-refractivity contribution >= 4 is 35.8 Å². The minimum atomic E-state index is -0.630. The van der Waals surface area contributed by atoms with E-state index in [1.165, 1.54) is 0 Å². The van der Waals surface area contributed by atoms with Crippen molar-refractivity contribution in [3.8, 4) is 0 Å². The number of amides is 1. The summed E-state index contributed by atoms with van der Waals surface area (Å²) in [6, 6.07) is 0. The van der Waals surface area contributed by atoms with Gasteiger partial charge in [0, 0.05) is 19.5 Å². The molecule has 5 saturated carbocycles. The van der Waals surface area contributed by atoms with Gasteiger partial charge in [-0.15, -0.1) is 0 Å². The molecule has 0 aromatic heterocycles. The first kappa shape index (κ1) is 60.8. The number of hydrogen-bond acceptors (Lipinski definition) is 6. The standard InChI is InChI=1S/C10H18O2.C9H17NO.3C9H16O2.C8H14O2/c1-4-10(9(11)12)5-8(6-10)7(2)3;1-8(2)5-7-10-6-3-4-9(10)11;1-6(2)9(3)4-7(5-9)8(10)11;1-6(2)7-4-9(3,5-7)8(10)11;1-6(2)7-4-3-5-8(7)9(10)11;1-5(2)6-3-7(4-6)8(9)10/h7-8H,4-6H2,1-3H3,(H,11,12);8H,3-7H2,1-2H3;2*6-7H,4-5H2,1-3H3,(H,10,11);6-8H,3-5H2,1-2H3,(H,10,11);5-7H,3-4H2,1-2H3,(H,9,10). The minimum absolute atomic E-state index is 0.0348. The van der Waals surface area contributed by atoms with Crippen LogP contribution in [-0.4, -0.2) is 79.3 Å². The molecule has 12 nitrogen and oxygen atoms in total. The molecule has 1 heterocycles. The SMILES string of the molecule is CC(C)C1(C)CC(C(=O)O)C1.CC(C)C1CC(C(=O)O)C1.CC(C)C1CC(C)(C(=O)O)C1.CC(C)C1CCCC1C(=O)O.CC(C)CCN1CCCC1=O.CCC1(C(=O)O)CC(C(C)C)C1. The molecule has 2 atom stereocenters. The highest BCUT2D eigenvalue weighted by atomic mass is 16.4. The van der Waals surface area contributed by atoms with E-state index < -0.39 is 35.3 Å². The smallest absolute Gasteiger partial charge is 0.309 e. The predicted octanol–water partition coefficient (Wildman–Crippen LogP) is 12.4. The molecule has 0 spiro atoms. The molecule has 6 rings (SSSR count). The lowest BCUT2D eigenvalue weighted by Crippen LogP contribution is -2.45. The van der Waals surface area contributed by atoms with Gasteiger partial charge in [-0.2, -0.15) is 0 Å². The largest absolute Gasteiger partial charge is 0.481 e. The van der Waals surface area contributed by atoms with Crippen LogP contribution in [0.1, 0.15) is 200 Å². The Bertz CT molecular complexity index is 1520. The Hall–Kier alpha value is -3.18. The van der Waals surface area contributed by atoms with Gasteiger partial charge in [0.15, 0.2) is 0 Å². The Morgan fingerprint density at radius 1 is 0.606 bits per heavy atom. The predicted molar refractivity (Wildman–Crippen MR) is 262 cm³/mol. The number of hydrogen-bond donors (Lipinski definition) is 5. The first-order valence-electron chi connectivity index (χ1n) is 25.8. The number of likely N-dealkylation sites (tertiary alicyclic amines) is 1. The van der Waals surface area contributed by atoms with E-state index in [0.29, 0.717) is 70.5 Å². The summed E-state index contributed by atoms with van der Waals surface area (Å²) in [7, 11) is 0. The third-order valence-electron chi connectivity index (χ3n) is 16.8. The summed E-state index contributed by atoms with van der Waals surface area (Å²) in [5.74, 6) is 3.29. The van der Waals surface area contributed by atoms with Crippen LogP contribution in [-0.2, 0) is 28.8 Å². The van der Waals surface area contributed by atoms with Crippen LogP contribution in [0.2, 0.25) is 0 Å². The zero-order valence-electron chi connectivity index (χ0n) is 44.2. The average molecular weight is 936 g/mol. The van der Waals surface area contributed by atoms with E-state index in [4.69, 9.17) is 25.5 Å². The monoisotopic (exact) mass is 936 g/mol. The highest BCUT2D eigenvalue weighted by molar-refractivity contribution is 5.78. The highest BCUT2D eigenvalue weighted by Gasteiger charge is 2.50. The number of carbonyl (C=O) groups is 6. The van der Waals surface area contributed by atoms with E-state index in [1.807, 2.05) is 18.7 Å². The molecule has 5 aliphatic carbocycles. The normalized spacial score (nSPS) is 31.7. The van der Waals surface area contributed by atoms with Gasteiger partial charge >= 0.3 is 29.8 Å². The van der Waals surface area contributed by atoms with E-state index in [2.05, 4.69) is 90.0 Å². The van der Waals surface area contributed by atoms with Crippen molar-refractivity contribution in [2.75, 3.05) is 13.1 Å². The summed E-state index contributed by atoms with van der Waals surface area (Å²) in [6.45, 7) is 33.9. The van der Waals surface area contributed by atoms with E-state index in [0.717, 1.165) is 109 Å². The Balaban J connectivity index is 0.000000396. The summed E-state index contributed by atoms with van der Waals surface area (Å²) in [6.07, 6.45) is 13.9. The quantitative estimate of drug-likeness (QED) is 0.111. The highest BCUT2D eigenvalue weighted by Crippen LogP contribution is 2.52. The van der Waals surface area contributed by atoms with E-state index in [1.54, 1.807) is 0 Å². The number of nitrogens with zero attached hydrogens (tertiary/aromatic N) is 1. The maximum absolute atomic E-state index is 11.1. The molecule has 12 heteroatoms. The minimum Gasteiger partial charge on any atom is -0.481 e. The molecular weight excluding hydrogens is 839 g/mol. The van der Waals surface area contributed by atoms with Crippen molar-refractivity contribution in [2.24, 2.45) is 93.2 Å². The first-order valence-corrected chi connectivity index (χ1v) is 25.8. The fraction of sp³-hybridized carbons (Fsp3) is 0.889. The maximum atomic E-state index is 11.1.